The summed E-state index contributed by atoms with van der Waals surface area (Å²) in [5.74, 6) is -1.04. The highest BCUT2D eigenvalue weighted by Crippen LogP contribution is 2.62. The van der Waals surface area contributed by atoms with E-state index < -0.39 is 55.4 Å². The van der Waals surface area contributed by atoms with E-state index in [2.05, 4.69) is 0 Å². The first-order chi connectivity index (χ1) is 14.8. The zero-order chi connectivity index (χ0) is 23.4. The van der Waals surface area contributed by atoms with Gasteiger partial charge in [0.2, 0.25) is 1.43 Å². The first-order valence-corrected chi connectivity index (χ1v) is 7.38. The van der Waals surface area contributed by atoms with Crippen LogP contribution in [0.25, 0.3) is 0 Å². The fraction of sp³-hybridized carbons (Fsp3) is 0.556. The molecule has 0 amide bonds. The number of methoxy groups -OCH3 is 1. The Hall–Kier alpha value is -1.52. The number of piperidine rings is 1. The lowest BCUT2D eigenvalue weighted by molar-refractivity contribution is -0.0453. The highest BCUT2D eigenvalue weighted by molar-refractivity contribution is 5.62. The topological polar surface area (TPSA) is 41.9 Å². The van der Waals surface area contributed by atoms with Crippen molar-refractivity contribution in [2.75, 3.05) is 20.6 Å². The smallest absolute Gasteiger partial charge is 0.211 e. The van der Waals surface area contributed by atoms with E-state index in [9.17, 15) is 1.37 Å². The van der Waals surface area contributed by atoms with Gasteiger partial charge < -0.3 is 19.5 Å². The van der Waals surface area contributed by atoms with Crippen LogP contribution < -0.4 is 9.47 Å². The van der Waals surface area contributed by atoms with Crippen molar-refractivity contribution in [3.05, 3.63) is 35.4 Å². The number of aliphatic hydroxyl groups excluding tert-OH is 1. The van der Waals surface area contributed by atoms with Crippen molar-refractivity contribution in [1.29, 1.82) is 1.43 Å². The van der Waals surface area contributed by atoms with Crippen molar-refractivity contribution in [2.45, 2.75) is 36.5 Å². The van der Waals surface area contributed by atoms with Crippen LogP contribution >= 0.6 is 0 Å². The van der Waals surface area contributed by atoms with Gasteiger partial charge in [0.1, 0.15) is 12.2 Å². The van der Waals surface area contributed by atoms with Crippen LogP contribution in [0.3, 0.4) is 0 Å². The van der Waals surface area contributed by atoms with Gasteiger partial charge in [-0.2, -0.15) is 0 Å². The average molecular weight is 309 g/mol. The quantitative estimate of drug-likeness (QED) is 0.841. The van der Waals surface area contributed by atoms with Gasteiger partial charge in [-0.3, -0.25) is 0 Å². The first-order valence-electron chi connectivity index (χ1n) is 12.3. The molecular weight excluding hydrogens is 278 g/mol. The minimum absolute atomic E-state index is 0.0938. The maximum atomic E-state index is 9.31. The van der Waals surface area contributed by atoms with E-state index in [1.54, 1.807) is 6.08 Å². The molecule has 1 N–H and O–H groups in total. The van der Waals surface area contributed by atoms with E-state index in [4.69, 9.17) is 27.0 Å². The lowest BCUT2D eigenvalue weighted by Crippen LogP contribution is -2.64. The van der Waals surface area contributed by atoms with Crippen LogP contribution in [0.2, 0.25) is 0 Å². The Bertz CT molecular complexity index is 1020. The highest BCUT2D eigenvalue weighted by atomic mass is 16.5. The standard InChI is InChI=1S/C18H21NO3/c1-19-8-7-18-11-4-5-13(20)17(18)22-16-14(21-2)6-3-10(15(16)18)9-12(11)19/h3-6,11-13,17,20H,7-9H2,1-2H3/t11-,12+,13?,17?,18-/m0/s1/i1D3,2D3,3D,6D,17D,20D. The number of likely N-dealkylation sites (N-methyl/N-ethyl adjacent to an activating group) is 1. The Labute approximate surface area is 144 Å². The SMILES string of the molecule is [2H]OC1C=C[C@H]2[C@H]3Cc4c([2H])c([2H])c(OC([2H])([2H])[2H])c5c4[C@@]2(CCN3C([2H])([2H])[2H])C1([2H])O5. The van der Waals surface area contributed by atoms with Crippen molar-refractivity contribution in [2.24, 2.45) is 5.92 Å². The van der Waals surface area contributed by atoms with E-state index in [-0.39, 0.29) is 31.2 Å². The number of hydrogen-bond acceptors (Lipinski definition) is 4. The second-order valence-corrected chi connectivity index (χ2v) is 6.35. The van der Waals surface area contributed by atoms with Crippen LogP contribution in [0.1, 0.15) is 29.9 Å². The third-order valence-corrected chi connectivity index (χ3v) is 5.56. The molecule has 1 saturated heterocycles. The van der Waals surface area contributed by atoms with E-state index >= 15 is 0 Å². The lowest BCUT2D eigenvalue weighted by atomic mass is 9.53. The van der Waals surface area contributed by atoms with Gasteiger partial charge in [-0.05, 0) is 38.0 Å². The summed E-state index contributed by atoms with van der Waals surface area (Å²) in [6.07, 6.45) is 0.465. The lowest BCUT2D eigenvalue weighted by Gasteiger charge is -2.56. The van der Waals surface area contributed by atoms with E-state index in [0.717, 1.165) is 0 Å². The molecule has 2 aliphatic heterocycles. The molecule has 5 rings (SSSR count). The van der Waals surface area contributed by atoms with E-state index in [0.29, 0.717) is 11.1 Å². The summed E-state index contributed by atoms with van der Waals surface area (Å²) < 4.78 is 91.4. The molecule has 4 aliphatic rings. The fourth-order valence-corrected chi connectivity index (χ4v) is 4.71. The maximum Gasteiger partial charge on any atom is 0.211 e. The number of rotatable bonds is 2. The molecule has 116 valence electrons. The summed E-state index contributed by atoms with van der Waals surface area (Å²) in [7, 11) is -2.91. The summed E-state index contributed by atoms with van der Waals surface area (Å²) in [5.41, 5.74) is -0.420. The third-order valence-electron chi connectivity index (χ3n) is 5.56. The van der Waals surface area contributed by atoms with Gasteiger partial charge in [0.25, 0.3) is 0 Å². The molecule has 0 aromatic heterocycles. The summed E-state index contributed by atoms with van der Waals surface area (Å²) in [6, 6.07) is -1.37. The molecular formula is C18H21NO3. The molecule has 4 heteroatoms. The molecule has 1 spiro atoms. The molecule has 0 saturated carbocycles. The molecule has 1 aromatic carbocycles. The van der Waals surface area contributed by atoms with Crippen LogP contribution in [0.4, 0.5) is 0 Å². The zero-order valence-corrected chi connectivity index (χ0v) is 11.7. The first kappa shape index (κ1) is 6.54. The Morgan fingerprint density at radius 1 is 1.59 bits per heavy atom. The number of ether oxygens (including phenoxy) is 2. The summed E-state index contributed by atoms with van der Waals surface area (Å²) in [5, 5.41) is 4.81. The van der Waals surface area contributed by atoms with E-state index in [1.807, 2.05) is 0 Å². The van der Waals surface area contributed by atoms with Crippen molar-refractivity contribution in [1.82, 2.24) is 4.90 Å². The van der Waals surface area contributed by atoms with Crippen LogP contribution in [0.5, 0.6) is 11.5 Å². The van der Waals surface area contributed by atoms with Crippen molar-refractivity contribution >= 4 is 0 Å². The molecule has 1 fully saturated rings. The summed E-state index contributed by atoms with van der Waals surface area (Å²) in [6.45, 7) is -2.28. The fourth-order valence-electron chi connectivity index (χ4n) is 4.71. The predicted octanol–water partition coefficient (Wildman–Crippen LogP) is 1.50. The predicted molar refractivity (Wildman–Crippen MR) is 82.5 cm³/mol. The normalized spacial score (nSPS) is 52.1. The molecule has 1 aromatic rings. The zero-order valence-electron chi connectivity index (χ0n) is 21.7. The van der Waals surface area contributed by atoms with Crippen molar-refractivity contribution in [3.63, 3.8) is 0 Å². The Morgan fingerprint density at radius 3 is 3.45 bits per heavy atom. The molecule has 22 heavy (non-hydrogen) atoms. The van der Waals surface area contributed by atoms with Crippen molar-refractivity contribution < 1.29 is 26.9 Å². The Balaban J connectivity index is 1.82. The Kier molecular flexibility index (Phi) is 1.21. The highest BCUT2D eigenvalue weighted by Gasteiger charge is 2.64. The monoisotopic (exact) mass is 309 g/mol. The summed E-state index contributed by atoms with van der Waals surface area (Å²) in [4.78, 5) is 1.38. The van der Waals surface area contributed by atoms with Crippen LogP contribution in [-0.4, -0.2) is 50.2 Å². The molecule has 4 nitrogen and oxygen atoms in total. The molecule has 2 unspecified atom stereocenters. The summed E-state index contributed by atoms with van der Waals surface area (Å²) >= 11 is 0. The third kappa shape index (κ3) is 1.28. The minimum atomic E-state index is -2.91. The van der Waals surface area contributed by atoms with Gasteiger partial charge in [0.05, 0.1) is 15.3 Å². The second kappa shape index (κ2) is 4.06. The van der Waals surface area contributed by atoms with Gasteiger partial charge in [-0.15, -0.1) is 0 Å². The van der Waals surface area contributed by atoms with Crippen LogP contribution in [-0.2, 0) is 11.8 Å². The van der Waals surface area contributed by atoms with Gasteiger partial charge in [0.15, 0.2) is 11.5 Å². The van der Waals surface area contributed by atoms with Crippen LogP contribution in [0.15, 0.2) is 24.2 Å². The van der Waals surface area contributed by atoms with Gasteiger partial charge >= 0.3 is 0 Å². The van der Waals surface area contributed by atoms with Crippen LogP contribution in [0, 0.1) is 5.92 Å². The number of likely N-dealkylation sites (tertiary alicyclic amines) is 1. The number of nitrogens with zero attached hydrogens (tertiary/aromatic N) is 1. The molecule has 2 bridgehead atoms. The number of benzene rings is 1. The molecule has 2 heterocycles. The van der Waals surface area contributed by atoms with Crippen molar-refractivity contribution in [3.8, 4) is 11.5 Å². The van der Waals surface area contributed by atoms with Gasteiger partial charge in [-0.1, -0.05) is 18.2 Å². The van der Waals surface area contributed by atoms with Gasteiger partial charge in [0, 0.05) is 27.1 Å². The minimum Gasteiger partial charge on any atom is -0.493 e. The van der Waals surface area contributed by atoms with E-state index in [1.165, 1.54) is 11.0 Å². The molecule has 0 radical (unpaired) electrons. The molecule has 2 aliphatic carbocycles. The molecule has 5 atom stereocenters. The second-order valence-electron chi connectivity index (χ2n) is 6.35. The van der Waals surface area contributed by atoms with Gasteiger partial charge in [-0.25, -0.2) is 0 Å². The number of aliphatic hydroxyl groups is 1. The Morgan fingerprint density at radius 2 is 2.59 bits per heavy atom. The number of hydrogen-bond donors (Lipinski definition) is 1. The average Bonchev–Trinajstić information content (AvgIpc) is 2.93. The largest absolute Gasteiger partial charge is 0.493 e. The maximum absolute atomic E-state index is 9.31.